The minimum absolute atomic E-state index is 0.451. The van der Waals surface area contributed by atoms with Gasteiger partial charge in [-0.1, -0.05) is 88.4 Å². The molecule has 0 bridgehead atoms. The fraction of sp³-hybridized carbons (Fsp3) is 0.516. The molecule has 0 aromatic heterocycles. The Kier molecular flexibility index (Phi) is 7.17. The third-order valence-electron chi connectivity index (χ3n) is 7.99. The van der Waals surface area contributed by atoms with Gasteiger partial charge in [0.05, 0.1) is 18.6 Å². The van der Waals surface area contributed by atoms with Gasteiger partial charge in [-0.2, -0.15) is 0 Å². The summed E-state index contributed by atoms with van der Waals surface area (Å²) in [7, 11) is 0. The lowest BCUT2D eigenvalue weighted by atomic mass is 9.99. The third-order valence-corrected chi connectivity index (χ3v) is 7.99. The molecule has 1 saturated heterocycles. The summed E-state index contributed by atoms with van der Waals surface area (Å²) < 4.78 is 0. The Hall–Kier alpha value is -2.75. The lowest BCUT2D eigenvalue weighted by Crippen LogP contribution is -2.47. The molecule has 2 aromatic carbocycles. The molecule has 4 heteroatoms. The lowest BCUT2D eigenvalue weighted by molar-refractivity contribution is 0.192. The van der Waals surface area contributed by atoms with Crippen LogP contribution in [0.4, 0.5) is 0 Å². The largest absolute Gasteiger partial charge is 0.353 e. The van der Waals surface area contributed by atoms with E-state index in [-0.39, 0.29) is 0 Å². The number of fused-ring (bicyclic) bond motifs is 2. The molecule has 3 heterocycles. The molecule has 5 rings (SSSR count). The van der Waals surface area contributed by atoms with Crippen molar-refractivity contribution < 1.29 is 0 Å². The maximum absolute atomic E-state index is 5.07. The average Bonchev–Trinajstić information content (AvgIpc) is 3.35. The van der Waals surface area contributed by atoms with Crippen molar-refractivity contribution in [2.45, 2.75) is 65.1 Å². The van der Waals surface area contributed by atoms with Gasteiger partial charge in [0.15, 0.2) is 0 Å². The van der Waals surface area contributed by atoms with Gasteiger partial charge in [0.2, 0.25) is 0 Å². The molecule has 0 unspecified atom stereocenters. The van der Waals surface area contributed by atoms with Crippen molar-refractivity contribution in [3.8, 4) is 0 Å². The highest BCUT2D eigenvalue weighted by Crippen LogP contribution is 2.35. The second-order valence-corrected chi connectivity index (χ2v) is 11.4. The summed E-state index contributed by atoms with van der Waals surface area (Å²) in [6.07, 6.45) is 5.81. The maximum atomic E-state index is 5.07. The predicted octanol–water partition coefficient (Wildman–Crippen LogP) is 5.47. The normalized spacial score (nSPS) is 23.9. The van der Waals surface area contributed by atoms with E-state index in [2.05, 4.69) is 109 Å². The molecule has 3 atom stereocenters. The van der Waals surface area contributed by atoms with Crippen LogP contribution in [0.3, 0.4) is 0 Å². The zero-order chi connectivity index (χ0) is 24.4. The van der Waals surface area contributed by atoms with Crippen LogP contribution in [-0.4, -0.2) is 64.8 Å². The average molecular weight is 471 g/mol. The van der Waals surface area contributed by atoms with Crippen LogP contribution < -0.4 is 0 Å². The van der Waals surface area contributed by atoms with Gasteiger partial charge in [-0.3, -0.25) is 4.99 Å². The van der Waals surface area contributed by atoms with Crippen LogP contribution in [0.5, 0.6) is 0 Å². The van der Waals surface area contributed by atoms with E-state index < -0.39 is 0 Å². The van der Waals surface area contributed by atoms with Crippen LogP contribution in [-0.2, 0) is 12.8 Å². The van der Waals surface area contributed by atoms with E-state index in [1.807, 2.05) is 0 Å². The summed E-state index contributed by atoms with van der Waals surface area (Å²) in [5, 5.41) is 0. The van der Waals surface area contributed by atoms with Crippen molar-refractivity contribution in [3.05, 3.63) is 83.7 Å². The first kappa shape index (κ1) is 24.0. The van der Waals surface area contributed by atoms with Crippen LogP contribution in [0.25, 0.3) is 0 Å². The number of hydrogen-bond acceptors (Lipinski definition) is 4. The quantitative estimate of drug-likeness (QED) is 0.511. The van der Waals surface area contributed by atoms with Gasteiger partial charge in [0.1, 0.15) is 11.7 Å². The second kappa shape index (κ2) is 10.5. The summed E-state index contributed by atoms with van der Waals surface area (Å²) >= 11 is 0. The standard InChI is InChI=1S/C31H42N4/c1-23(2)17-27-21-34-28(18-26-13-9-6-10-14-26)22-35-29(24(3)4)20-32-30(35)19-31(34)33(27)16-15-25-11-7-5-8-12-25/h5-14,19,23-24,27-29H,15-18,20-22H2,1-4H3/t27-,28-,29+/m1/s1. The lowest BCUT2D eigenvalue weighted by Gasteiger charge is -2.35. The topological polar surface area (TPSA) is 22.1 Å². The summed E-state index contributed by atoms with van der Waals surface area (Å²) in [4.78, 5) is 13.2. The molecule has 0 radical (unpaired) electrons. The number of amidine groups is 1. The fourth-order valence-electron chi connectivity index (χ4n) is 6.19. The van der Waals surface area contributed by atoms with E-state index in [1.165, 1.54) is 29.2 Å². The minimum atomic E-state index is 0.451. The second-order valence-electron chi connectivity index (χ2n) is 11.4. The van der Waals surface area contributed by atoms with E-state index in [0.717, 1.165) is 39.0 Å². The molecule has 0 amide bonds. The summed E-state index contributed by atoms with van der Waals surface area (Å²) in [6, 6.07) is 23.6. The van der Waals surface area contributed by atoms with Gasteiger partial charge >= 0.3 is 0 Å². The molecule has 3 aliphatic heterocycles. The number of aliphatic imine (C=N–C) groups is 1. The number of hydrogen-bond donors (Lipinski definition) is 0. The van der Waals surface area contributed by atoms with Crippen molar-refractivity contribution in [2.75, 3.05) is 26.2 Å². The maximum Gasteiger partial charge on any atom is 0.127 e. The summed E-state index contributed by atoms with van der Waals surface area (Å²) in [5.74, 6) is 3.89. The van der Waals surface area contributed by atoms with Crippen molar-refractivity contribution >= 4 is 5.84 Å². The Morgan fingerprint density at radius 2 is 1.49 bits per heavy atom. The summed E-state index contributed by atoms with van der Waals surface area (Å²) in [6.45, 7) is 13.6. The molecule has 2 aromatic rings. The van der Waals surface area contributed by atoms with Crippen LogP contribution in [0.1, 0.15) is 45.2 Å². The van der Waals surface area contributed by atoms with Crippen LogP contribution >= 0.6 is 0 Å². The van der Waals surface area contributed by atoms with Gasteiger partial charge in [-0.15, -0.1) is 0 Å². The molecule has 0 saturated carbocycles. The van der Waals surface area contributed by atoms with E-state index in [0.29, 0.717) is 30.0 Å². The highest BCUT2D eigenvalue weighted by Gasteiger charge is 2.43. The zero-order valence-corrected chi connectivity index (χ0v) is 22.0. The van der Waals surface area contributed by atoms with Crippen molar-refractivity contribution in [1.29, 1.82) is 0 Å². The van der Waals surface area contributed by atoms with E-state index in [9.17, 15) is 0 Å². The van der Waals surface area contributed by atoms with E-state index >= 15 is 0 Å². The summed E-state index contributed by atoms with van der Waals surface area (Å²) in [5.41, 5.74) is 2.85. The van der Waals surface area contributed by atoms with Gasteiger partial charge < -0.3 is 14.7 Å². The Morgan fingerprint density at radius 3 is 2.14 bits per heavy atom. The minimum Gasteiger partial charge on any atom is -0.353 e. The molecular weight excluding hydrogens is 428 g/mol. The van der Waals surface area contributed by atoms with Crippen LogP contribution in [0, 0.1) is 11.8 Å². The molecule has 0 spiro atoms. The van der Waals surface area contributed by atoms with Crippen molar-refractivity contribution in [1.82, 2.24) is 14.7 Å². The Morgan fingerprint density at radius 1 is 0.829 bits per heavy atom. The highest BCUT2D eigenvalue weighted by molar-refractivity contribution is 5.95. The molecule has 3 aliphatic rings. The van der Waals surface area contributed by atoms with Gasteiger partial charge in [-0.05, 0) is 42.2 Å². The van der Waals surface area contributed by atoms with E-state index in [4.69, 9.17) is 4.99 Å². The van der Waals surface area contributed by atoms with Crippen molar-refractivity contribution in [3.63, 3.8) is 0 Å². The Labute approximate surface area is 212 Å². The van der Waals surface area contributed by atoms with E-state index in [1.54, 1.807) is 0 Å². The first-order chi connectivity index (χ1) is 17.0. The molecule has 4 nitrogen and oxygen atoms in total. The Bertz CT molecular complexity index is 1030. The number of nitrogens with zero attached hydrogens (tertiary/aromatic N) is 4. The smallest absolute Gasteiger partial charge is 0.127 e. The number of benzene rings is 2. The third kappa shape index (κ3) is 5.27. The predicted molar refractivity (Wildman–Crippen MR) is 146 cm³/mol. The van der Waals surface area contributed by atoms with Crippen LogP contribution in [0.15, 0.2) is 77.6 Å². The highest BCUT2D eigenvalue weighted by atomic mass is 15.4. The monoisotopic (exact) mass is 470 g/mol. The first-order valence-corrected chi connectivity index (χ1v) is 13.6. The van der Waals surface area contributed by atoms with Crippen molar-refractivity contribution in [2.24, 2.45) is 16.8 Å². The fourth-order valence-corrected chi connectivity index (χ4v) is 6.19. The molecule has 186 valence electrons. The molecule has 1 fully saturated rings. The van der Waals surface area contributed by atoms with Gasteiger partial charge in [-0.25, -0.2) is 0 Å². The SMILES string of the molecule is CC(C)C[C@@H]1CN2C(=CC3=NC[C@@H](C(C)C)N3C[C@H]2Cc2ccccc2)N1CCc1ccccc1. The van der Waals surface area contributed by atoms with Crippen LogP contribution in [0.2, 0.25) is 0 Å². The molecule has 35 heavy (non-hydrogen) atoms. The molecule has 0 aliphatic carbocycles. The Balaban J connectivity index is 1.48. The molecule has 0 N–H and O–H groups in total. The first-order valence-electron chi connectivity index (χ1n) is 13.6. The molecular formula is C31H42N4. The zero-order valence-electron chi connectivity index (χ0n) is 22.0. The van der Waals surface area contributed by atoms with Gasteiger partial charge in [0.25, 0.3) is 0 Å². The number of rotatable bonds is 8. The van der Waals surface area contributed by atoms with Gasteiger partial charge in [0, 0.05) is 31.8 Å².